The SMILES string of the molecule is CCNC1CCN(c2cc(F)c(C)cc2F)C(C)C1. The molecule has 106 valence electrons. The van der Waals surface area contributed by atoms with Crippen LogP contribution in [0.15, 0.2) is 12.1 Å². The van der Waals surface area contributed by atoms with Crippen LogP contribution in [-0.2, 0) is 0 Å². The minimum Gasteiger partial charge on any atom is -0.366 e. The molecule has 0 aromatic heterocycles. The van der Waals surface area contributed by atoms with Crippen molar-refractivity contribution in [2.75, 3.05) is 18.0 Å². The van der Waals surface area contributed by atoms with Gasteiger partial charge in [-0.15, -0.1) is 0 Å². The van der Waals surface area contributed by atoms with Gasteiger partial charge in [-0.2, -0.15) is 0 Å². The van der Waals surface area contributed by atoms with Crippen molar-refractivity contribution in [2.45, 2.75) is 45.7 Å². The summed E-state index contributed by atoms with van der Waals surface area (Å²) < 4.78 is 27.6. The molecule has 0 saturated carbocycles. The molecule has 0 amide bonds. The maximum Gasteiger partial charge on any atom is 0.146 e. The van der Waals surface area contributed by atoms with E-state index in [-0.39, 0.29) is 17.7 Å². The topological polar surface area (TPSA) is 15.3 Å². The summed E-state index contributed by atoms with van der Waals surface area (Å²) in [5.41, 5.74) is 0.752. The molecule has 1 aromatic carbocycles. The summed E-state index contributed by atoms with van der Waals surface area (Å²) in [6, 6.07) is 3.31. The van der Waals surface area contributed by atoms with Crippen molar-refractivity contribution in [3.8, 4) is 0 Å². The minimum atomic E-state index is -0.336. The van der Waals surface area contributed by atoms with Crippen molar-refractivity contribution in [3.05, 3.63) is 29.3 Å². The van der Waals surface area contributed by atoms with Crippen molar-refractivity contribution in [1.29, 1.82) is 0 Å². The number of rotatable bonds is 3. The number of hydrogen-bond donors (Lipinski definition) is 1. The van der Waals surface area contributed by atoms with Gasteiger partial charge in [-0.25, -0.2) is 8.78 Å². The van der Waals surface area contributed by atoms with Crippen LogP contribution < -0.4 is 10.2 Å². The van der Waals surface area contributed by atoms with Gasteiger partial charge in [0.2, 0.25) is 0 Å². The van der Waals surface area contributed by atoms with Crippen LogP contribution in [0.5, 0.6) is 0 Å². The smallest absolute Gasteiger partial charge is 0.146 e. The first-order chi connectivity index (χ1) is 9.02. The molecule has 1 aromatic rings. The van der Waals surface area contributed by atoms with Gasteiger partial charge < -0.3 is 10.2 Å². The third-order valence-corrected chi connectivity index (χ3v) is 3.91. The fourth-order valence-electron chi connectivity index (χ4n) is 2.86. The van der Waals surface area contributed by atoms with Gasteiger partial charge in [-0.1, -0.05) is 6.92 Å². The molecule has 0 aliphatic carbocycles. The Kier molecular flexibility index (Phi) is 4.40. The molecule has 1 aliphatic heterocycles. The second-order valence-electron chi connectivity index (χ2n) is 5.37. The summed E-state index contributed by atoms with van der Waals surface area (Å²) in [5, 5.41) is 3.43. The quantitative estimate of drug-likeness (QED) is 0.905. The van der Waals surface area contributed by atoms with Crippen molar-refractivity contribution in [1.82, 2.24) is 5.32 Å². The Morgan fingerprint density at radius 1 is 1.32 bits per heavy atom. The highest BCUT2D eigenvalue weighted by Crippen LogP contribution is 2.29. The maximum absolute atomic E-state index is 14.0. The van der Waals surface area contributed by atoms with E-state index in [1.165, 1.54) is 12.1 Å². The fraction of sp³-hybridized carbons (Fsp3) is 0.600. The molecule has 1 fully saturated rings. The molecule has 0 spiro atoms. The van der Waals surface area contributed by atoms with Gasteiger partial charge in [0.25, 0.3) is 0 Å². The first-order valence-corrected chi connectivity index (χ1v) is 6.98. The van der Waals surface area contributed by atoms with Crippen molar-refractivity contribution in [3.63, 3.8) is 0 Å². The normalized spacial score (nSPS) is 23.7. The van der Waals surface area contributed by atoms with Crippen LogP contribution in [0.3, 0.4) is 0 Å². The van der Waals surface area contributed by atoms with Crippen LogP contribution in [0.4, 0.5) is 14.5 Å². The number of aryl methyl sites for hydroxylation is 1. The lowest BCUT2D eigenvalue weighted by atomic mass is 9.97. The highest BCUT2D eigenvalue weighted by Gasteiger charge is 2.27. The number of nitrogens with one attached hydrogen (secondary N) is 1. The van der Waals surface area contributed by atoms with E-state index in [1.807, 2.05) is 4.90 Å². The van der Waals surface area contributed by atoms with Crippen LogP contribution >= 0.6 is 0 Å². The molecule has 2 atom stereocenters. The molecule has 4 heteroatoms. The van der Waals surface area contributed by atoms with Gasteiger partial charge in [0.15, 0.2) is 0 Å². The van der Waals surface area contributed by atoms with Crippen LogP contribution in [0.2, 0.25) is 0 Å². The lowest BCUT2D eigenvalue weighted by Gasteiger charge is -2.39. The molecular formula is C15H22F2N2. The summed E-state index contributed by atoms with van der Waals surface area (Å²) in [6.07, 6.45) is 1.93. The van der Waals surface area contributed by atoms with Crippen LogP contribution in [-0.4, -0.2) is 25.2 Å². The first kappa shape index (κ1) is 14.3. The molecular weight excluding hydrogens is 246 g/mol. The average Bonchev–Trinajstić information content (AvgIpc) is 2.35. The van der Waals surface area contributed by atoms with Crippen LogP contribution in [0.1, 0.15) is 32.3 Å². The number of piperidine rings is 1. The summed E-state index contributed by atoms with van der Waals surface area (Å²) in [6.45, 7) is 7.46. The van der Waals surface area contributed by atoms with E-state index >= 15 is 0 Å². The number of halogens is 2. The van der Waals surface area contributed by atoms with E-state index in [9.17, 15) is 8.78 Å². The summed E-state index contributed by atoms with van der Waals surface area (Å²) in [5.74, 6) is -0.662. The predicted molar refractivity (Wildman–Crippen MR) is 74.6 cm³/mol. The van der Waals surface area contributed by atoms with E-state index in [2.05, 4.69) is 19.2 Å². The molecule has 1 saturated heterocycles. The Balaban J connectivity index is 2.17. The van der Waals surface area contributed by atoms with Crippen molar-refractivity contribution >= 4 is 5.69 Å². The Hall–Kier alpha value is -1.16. The zero-order valence-electron chi connectivity index (χ0n) is 11.8. The predicted octanol–water partition coefficient (Wildman–Crippen LogP) is 3.24. The van der Waals surface area contributed by atoms with E-state index in [0.29, 0.717) is 17.3 Å². The summed E-state index contributed by atoms with van der Waals surface area (Å²) in [7, 11) is 0. The fourth-order valence-corrected chi connectivity index (χ4v) is 2.86. The van der Waals surface area contributed by atoms with Gasteiger partial charge in [0.05, 0.1) is 5.69 Å². The largest absolute Gasteiger partial charge is 0.366 e. The Labute approximate surface area is 113 Å². The monoisotopic (exact) mass is 268 g/mol. The van der Waals surface area contributed by atoms with E-state index in [1.54, 1.807) is 6.92 Å². The zero-order chi connectivity index (χ0) is 14.0. The third-order valence-electron chi connectivity index (χ3n) is 3.91. The summed E-state index contributed by atoms with van der Waals surface area (Å²) >= 11 is 0. The van der Waals surface area contributed by atoms with Crippen molar-refractivity contribution < 1.29 is 8.78 Å². The zero-order valence-corrected chi connectivity index (χ0v) is 11.8. The Morgan fingerprint density at radius 3 is 2.68 bits per heavy atom. The average molecular weight is 268 g/mol. The molecule has 1 aliphatic rings. The molecule has 1 N–H and O–H groups in total. The van der Waals surface area contributed by atoms with Gasteiger partial charge in [-0.3, -0.25) is 0 Å². The lowest BCUT2D eigenvalue weighted by molar-refractivity contribution is 0.371. The number of nitrogens with zero attached hydrogens (tertiary/aromatic N) is 1. The van der Waals surface area contributed by atoms with Gasteiger partial charge in [0, 0.05) is 24.7 Å². The van der Waals surface area contributed by atoms with Crippen LogP contribution in [0.25, 0.3) is 0 Å². The number of anilines is 1. The van der Waals surface area contributed by atoms with E-state index in [0.717, 1.165) is 25.9 Å². The van der Waals surface area contributed by atoms with E-state index in [4.69, 9.17) is 0 Å². The number of benzene rings is 1. The highest BCUT2D eigenvalue weighted by atomic mass is 19.1. The standard InChI is InChI=1S/C15H22F2N2/c1-4-18-12-5-6-19(11(3)8-12)15-9-13(16)10(2)7-14(15)17/h7,9,11-12,18H,4-6,8H2,1-3H3. The minimum absolute atomic E-state index is 0.217. The first-order valence-electron chi connectivity index (χ1n) is 6.98. The van der Waals surface area contributed by atoms with Crippen molar-refractivity contribution in [2.24, 2.45) is 0 Å². The molecule has 2 rings (SSSR count). The Morgan fingerprint density at radius 2 is 2.05 bits per heavy atom. The molecule has 2 nitrogen and oxygen atoms in total. The Bertz CT molecular complexity index is 448. The maximum atomic E-state index is 14.0. The van der Waals surface area contributed by atoms with E-state index < -0.39 is 0 Å². The highest BCUT2D eigenvalue weighted by molar-refractivity contribution is 5.51. The van der Waals surface area contributed by atoms with Gasteiger partial charge in [-0.05, 0) is 44.9 Å². The number of hydrogen-bond acceptors (Lipinski definition) is 2. The molecule has 0 bridgehead atoms. The van der Waals surface area contributed by atoms with Gasteiger partial charge >= 0.3 is 0 Å². The lowest BCUT2D eigenvalue weighted by Crippen LogP contribution is -2.47. The van der Waals surface area contributed by atoms with Gasteiger partial charge in [0.1, 0.15) is 11.6 Å². The molecule has 19 heavy (non-hydrogen) atoms. The summed E-state index contributed by atoms with van der Waals surface area (Å²) in [4.78, 5) is 1.98. The molecule has 0 radical (unpaired) electrons. The molecule has 1 heterocycles. The second-order valence-corrected chi connectivity index (χ2v) is 5.37. The second kappa shape index (κ2) is 5.87. The third kappa shape index (κ3) is 3.06. The van der Waals surface area contributed by atoms with Crippen LogP contribution in [0, 0.1) is 18.6 Å². The molecule has 2 unspecified atom stereocenters.